The summed E-state index contributed by atoms with van der Waals surface area (Å²) < 4.78 is 15.6. The number of nitrogens with one attached hydrogen (secondary N) is 2. The normalized spacial score (nSPS) is 23.4. The predicted octanol–water partition coefficient (Wildman–Crippen LogP) is 3.49. The summed E-state index contributed by atoms with van der Waals surface area (Å²) in [6.07, 6.45) is 9.32. The topological polar surface area (TPSA) is 106 Å². The molecular weight excluding hydrogens is 369 g/mol. The Bertz CT molecular complexity index is 1100. The van der Waals surface area contributed by atoms with Crippen molar-refractivity contribution in [3.8, 4) is 0 Å². The van der Waals surface area contributed by atoms with Gasteiger partial charge in [-0.3, -0.25) is 5.41 Å². The fourth-order valence-corrected chi connectivity index (χ4v) is 4.86. The molecule has 0 aliphatic heterocycles. The summed E-state index contributed by atoms with van der Waals surface area (Å²) in [6, 6.07) is 3.59. The highest BCUT2D eigenvalue weighted by Crippen LogP contribution is 2.42. The van der Waals surface area contributed by atoms with Gasteiger partial charge in [-0.2, -0.15) is 0 Å². The van der Waals surface area contributed by atoms with Crippen molar-refractivity contribution in [2.75, 3.05) is 11.1 Å². The number of rotatable bonds is 4. The molecule has 3 aliphatic rings. The molecule has 8 heteroatoms. The summed E-state index contributed by atoms with van der Waals surface area (Å²) >= 11 is 0. The number of nitrogen functional groups attached to an aromatic ring is 1. The van der Waals surface area contributed by atoms with Gasteiger partial charge in [-0.1, -0.05) is 12.8 Å². The number of pyridine rings is 1. The quantitative estimate of drug-likeness (QED) is 0.589. The lowest BCUT2D eigenvalue weighted by Gasteiger charge is -2.42. The van der Waals surface area contributed by atoms with E-state index in [9.17, 15) is 4.39 Å². The molecule has 0 saturated heterocycles. The van der Waals surface area contributed by atoms with E-state index in [0.29, 0.717) is 12.0 Å². The van der Waals surface area contributed by atoms with Crippen molar-refractivity contribution in [2.24, 2.45) is 18.9 Å². The third kappa shape index (κ3) is 3.12. The molecule has 3 aromatic rings. The Morgan fingerprint density at radius 1 is 1.28 bits per heavy atom. The zero-order valence-electron chi connectivity index (χ0n) is 16.3. The van der Waals surface area contributed by atoms with E-state index in [1.807, 2.05) is 23.9 Å². The molecule has 3 aromatic heterocycles. The molecule has 0 spiro atoms. The molecule has 29 heavy (non-hydrogen) atoms. The van der Waals surface area contributed by atoms with Crippen LogP contribution in [0.1, 0.15) is 43.5 Å². The third-order valence-corrected chi connectivity index (χ3v) is 6.47. The van der Waals surface area contributed by atoms with Crippen molar-refractivity contribution < 1.29 is 4.39 Å². The molecule has 2 bridgehead atoms. The molecular formula is C21H24FN7. The lowest BCUT2D eigenvalue weighted by atomic mass is 9.68. The van der Waals surface area contributed by atoms with E-state index in [-0.39, 0.29) is 22.9 Å². The van der Waals surface area contributed by atoms with E-state index in [0.717, 1.165) is 35.4 Å². The summed E-state index contributed by atoms with van der Waals surface area (Å²) in [4.78, 5) is 13.1. The minimum atomic E-state index is -0.546. The van der Waals surface area contributed by atoms with Gasteiger partial charge in [-0.05, 0) is 43.2 Å². The molecule has 7 nitrogen and oxygen atoms in total. The van der Waals surface area contributed by atoms with Crippen molar-refractivity contribution >= 4 is 28.4 Å². The smallest absolute Gasteiger partial charge is 0.182 e. The molecule has 3 fully saturated rings. The van der Waals surface area contributed by atoms with Crippen LogP contribution in [0.15, 0.2) is 24.5 Å². The highest BCUT2D eigenvalue weighted by molar-refractivity contribution is 6.12. The number of nitrogens with two attached hydrogens (primary N) is 1. The molecule has 0 radical (unpaired) electrons. The second-order valence-electron chi connectivity index (χ2n) is 8.29. The lowest BCUT2D eigenvalue weighted by Crippen LogP contribution is -2.40. The summed E-state index contributed by atoms with van der Waals surface area (Å²) in [7, 11) is 1.91. The first-order valence-electron chi connectivity index (χ1n) is 10.1. The summed E-state index contributed by atoms with van der Waals surface area (Å²) in [5.41, 5.74) is 6.77. The largest absolute Gasteiger partial charge is 0.383 e. The van der Waals surface area contributed by atoms with E-state index >= 15 is 0 Å². The van der Waals surface area contributed by atoms with Crippen LogP contribution in [0.25, 0.3) is 11.0 Å². The van der Waals surface area contributed by atoms with Gasteiger partial charge in [0.2, 0.25) is 0 Å². The minimum absolute atomic E-state index is 0.0363. The minimum Gasteiger partial charge on any atom is -0.383 e. The highest BCUT2D eigenvalue weighted by Gasteiger charge is 2.36. The van der Waals surface area contributed by atoms with Crippen LogP contribution in [0.3, 0.4) is 0 Å². The van der Waals surface area contributed by atoms with Crippen LogP contribution >= 0.6 is 0 Å². The summed E-state index contributed by atoms with van der Waals surface area (Å²) in [6.45, 7) is 0. The molecule has 6 rings (SSSR count). The molecule has 3 saturated carbocycles. The first kappa shape index (κ1) is 18.0. The Morgan fingerprint density at radius 2 is 2.07 bits per heavy atom. The number of anilines is 2. The van der Waals surface area contributed by atoms with Gasteiger partial charge < -0.3 is 15.6 Å². The van der Waals surface area contributed by atoms with Gasteiger partial charge in [-0.15, -0.1) is 0 Å². The fourth-order valence-electron chi connectivity index (χ4n) is 4.86. The molecule has 1 atom stereocenters. The zero-order valence-corrected chi connectivity index (χ0v) is 16.3. The number of fused-ring (bicyclic) bond motifs is 4. The Morgan fingerprint density at radius 3 is 2.79 bits per heavy atom. The fraction of sp³-hybridized carbons (Fsp3) is 0.429. The average Bonchev–Trinajstić information content (AvgIpc) is 3.11. The average molecular weight is 393 g/mol. The Hall–Kier alpha value is -3.03. The van der Waals surface area contributed by atoms with E-state index in [2.05, 4.69) is 20.3 Å². The molecule has 4 N–H and O–H groups in total. The van der Waals surface area contributed by atoms with E-state index in [1.54, 1.807) is 0 Å². The highest BCUT2D eigenvalue weighted by atomic mass is 19.1. The van der Waals surface area contributed by atoms with E-state index in [4.69, 9.17) is 11.1 Å². The first-order chi connectivity index (χ1) is 14.0. The van der Waals surface area contributed by atoms with Crippen LogP contribution in [0, 0.1) is 23.1 Å². The van der Waals surface area contributed by atoms with Crippen molar-refractivity contribution in [1.29, 1.82) is 5.41 Å². The molecule has 1 unspecified atom stereocenters. The number of aryl methyl sites for hydroxylation is 1. The van der Waals surface area contributed by atoms with Gasteiger partial charge in [0, 0.05) is 24.8 Å². The summed E-state index contributed by atoms with van der Waals surface area (Å²) in [5, 5.41) is 13.1. The van der Waals surface area contributed by atoms with Crippen molar-refractivity contribution in [2.45, 2.75) is 38.1 Å². The van der Waals surface area contributed by atoms with Crippen LogP contribution in [0.2, 0.25) is 0 Å². The van der Waals surface area contributed by atoms with Crippen LogP contribution in [-0.2, 0) is 7.05 Å². The second-order valence-corrected chi connectivity index (χ2v) is 8.29. The Balaban J connectivity index is 1.56. The molecule has 0 aromatic carbocycles. The standard InChI is InChI=1S/C21H24FN7/c1-29-7-6-14-19(26-16-8-11-2-4-12(16)5-3-11)27-20(28-21(14)29)17(23)15-9-13(22)10-25-18(15)24/h6-7,9-12,16,23H,2-5,8H2,1H3,(H2,24,25)(H,26,27,28). The van der Waals surface area contributed by atoms with Crippen LogP contribution in [0.5, 0.6) is 0 Å². The van der Waals surface area contributed by atoms with Gasteiger partial charge in [-0.25, -0.2) is 19.3 Å². The van der Waals surface area contributed by atoms with Gasteiger partial charge in [0.15, 0.2) is 5.82 Å². The van der Waals surface area contributed by atoms with Crippen molar-refractivity contribution in [3.05, 3.63) is 41.7 Å². The van der Waals surface area contributed by atoms with Crippen LogP contribution in [0.4, 0.5) is 16.0 Å². The molecule has 3 aliphatic carbocycles. The van der Waals surface area contributed by atoms with Gasteiger partial charge in [0.25, 0.3) is 0 Å². The number of aromatic nitrogens is 4. The van der Waals surface area contributed by atoms with Crippen LogP contribution in [-0.4, -0.2) is 31.3 Å². The predicted molar refractivity (Wildman–Crippen MR) is 111 cm³/mol. The van der Waals surface area contributed by atoms with Crippen molar-refractivity contribution in [3.63, 3.8) is 0 Å². The monoisotopic (exact) mass is 393 g/mol. The number of hydrogen-bond donors (Lipinski definition) is 3. The maximum Gasteiger partial charge on any atom is 0.182 e. The number of hydrogen-bond acceptors (Lipinski definition) is 6. The Labute approximate surface area is 168 Å². The number of halogens is 1. The number of nitrogens with zero attached hydrogens (tertiary/aromatic N) is 4. The van der Waals surface area contributed by atoms with Gasteiger partial charge in [0.1, 0.15) is 28.8 Å². The van der Waals surface area contributed by atoms with Crippen LogP contribution < -0.4 is 11.1 Å². The molecule has 3 heterocycles. The zero-order chi connectivity index (χ0) is 20.1. The van der Waals surface area contributed by atoms with E-state index < -0.39 is 5.82 Å². The van der Waals surface area contributed by atoms with Gasteiger partial charge >= 0.3 is 0 Å². The maximum absolute atomic E-state index is 13.7. The SMILES string of the molecule is Cn1ccc2c(NC3CC4CCC3CC4)nc(C(=N)c3cc(F)cnc3N)nc21. The summed E-state index contributed by atoms with van der Waals surface area (Å²) in [5.74, 6) is 1.94. The van der Waals surface area contributed by atoms with E-state index in [1.165, 1.54) is 31.7 Å². The lowest BCUT2D eigenvalue weighted by molar-refractivity contribution is 0.157. The maximum atomic E-state index is 13.7. The third-order valence-electron chi connectivity index (χ3n) is 6.47. The van der Waals surface area contributed by atoms with Crippen molar-refractivity contribution in [1.82, 2.24) is 19.5 Å². The molecule has 150 valence electrons. The molecule has 0 amide bonds. The van der Waals surface area contributed by atoms with Gasteiger partial charge in [0.05, 0.1) is 11.6 Å². The second kappa shape index (κ2) is 6.79. The Kier molecular flexibility index (Phi) is 4.22. The first-order valence-corrected chi connectivity index (χ1v) is 10.1.